The number of thiol groups is 2. The molecular formula is C6H7NOS2. The SMILES string of the molecule is O=c1cccc(C(S)S)[nH]1. The molecule has 0 amide bonds. The van der Waals surface area contributed by atoms with E-state index in [1.807, 2.05) is 0 Å². The molecule has 0 spiro atoms. The highest BCUT2D eigenvalue weighted by Gasteiger charge is 1.98. The highest BCUT2D eigenvalue weighted by molar-refractivity contribution is 7.98. The third kappa shape index (κ3) is 1.82. The van der Waals surface area contributed by atoms with Crippen molar-refractivity contribution in [1.82, 2.24) is 4.98 Å². The molecule has 0 saturated carbocycles. The molecule has 0 atom stereocenters. The second-order valence-electron chi connectivity index (χ2n) is 1.84. The fraction of sp³-hybridized carbons (Fsp3) is 0.167. The first-order valence-corrected chi connectivity index (χ1v) is 3.79. The standard InChI is InChI=1S/C6H7NOS2/c8-5-3-1-2-4(7-5)6(9)10/h1-3,6,9-10H,(H,7,8). The van der Waals surface area contributed by atoms with Crippen molar-refractivity contribution in [2.75, 3.05) is 0 Å². The Balaban J connectivity index is 3.07. The Labute approximate surface area is 69.5 Å². The molecule has 1 rings (SSSR count). The molecule has 0 radical (unpaired) electrons. The van der Waals surface area contributed by atoms with Gasteiger partial charge < -0.3 is 4.98 Å². The molecule has 0 unspecified atom stereocenters. The highest BCUT2D eigenvalue weighted by atomic mass is 32.2. The van der Waals surface area contributed by atoms with Gasteiger partial charge in [0.2, 0.25) is 5.56 Å². The fourth-order valence-corrected chi connectivity index (χ4v) is 0.917. The molecule has 1 aromatic heterocycles. The van der Waals surface area contributed by atoms with Crippen LogP contribution < -0.4 is 5.56 Å². The maximum Gasteiger partial charge on any atom is 0.248 e. The second-order valence-corrected chi connectivity index (χ2v) is 3.28. The lowest BCUT2D eigenvalue weighted by molar-refractivity contribution is 1.12. The first-order chi connectivity index (χ1) is 4.70. The van der Waals surface area contributed by atoms with Gasteiger partial charge in [-0.3, -0.25) is 4.79 Å². The van der Waals surface area contributed by atoms with Gasteiger partial charge in [-0.05, 0) is 6.07 Å². The smallest absolute Gasteiger partial charge is 0.248 e. The molecule has 4 heteroatoms. The van der Waals surface area contributed by atoms with Gasteiger partial charge in [-0.25, -0.2) is 0 Å². The minimum atomic E-state index is -0.214. The summed E-state index contributed by atoms with van der Waals surface area (Å²) >= 11 is 8.06. The third-order valence-electron chi connectivity index (χ3n) is 1.07. The lowest BCUT2D eigenvalue weighted by Crippen LogP contribution is -2.05. The van der Waals surface area contributed by atoms with Crippen LogP contribution in [-0.4, -0.2) is 4.98 Å². The minimum absolute atomic E-state index is 0.120. The lowest BCUT2D eigenvalue weighted by Gasteiger charge is -2.00. The van der Waals surface area contributed by atoms with E-state index in [0.29, 0.717) is 0 Å². The van der Waals surface area contributed by atoms with Gasteiger partial charge >= 0.3 is 0 Å². The van der Waals surface area contributed by atoms with E-state index >= 15 is 0 Å². The van der Waals surface area contributed by atoms with Gasteiger partial charge in [0, 0.05) is 11.8 Å². The van der Waals surface area contributed by atoms with Crippen LogP contribution in [-0.2, 0) is 0 Å². The van der Waals surface area contributed by atoms with Gasteiger partial charge in [0.1, 0.15) is 0 Å². The van der Waals surface area contributed by atoms with E-state index in [2.05, 4.69) is 30.2 Å². The molecule has 1 heterocycles. The number of nitrogens with one attached hydrogen (secondary N) is 1. The van der Waals surface area contributed by atoms with Crippen molar-refractivity contribution in [3.63, 3.8) is 0 Å². The largest absolute Gasteiger partial charge is 0.324 e. The summed E-state index contributed by atoms with van der Waals surface area (Å²) in [6.07, 6.45) is 0. The van der Waals surface area contributed by atoms with E-state index < -0.39 is 0 Å². The zero-order valence-electron chi connectivity index (χ0n) is 5.11. The molecule has 54 valence electrons. The zero-order valence-corrected chi connectivity index (χ0v) is 6.90. The van der Waals surface area contributed by atoms with Crippen molar-refractivity contribution < 1.29 is 0 Å². The summed E-state index contributed by atoms with van der Waals surface area (Å²) in [5.41, 5.74) is 0.602. The third-order valence-corrected chi connectivity index (χ3v) is 1.63. The molecule has 10 heavy (non-hydrogen) atoms. The average Bonchev–Trinajstić information content (AvgIpc) is 1.88. The normalized spacial score (nSPS) is 10.3. The van der Waals surface area contributed by atoms with E-state index in [9.17, 15) is 4.79 Å². The van der Waals surface area contributed by atoms with Crippen molar-refractivity contribution in [1.29, 1.82) is 0 Å². The topological polar surface area (TPSA) is 32.9 Å². The Morgan fingerprint density at radius 2 is 2.10 bits per heavy atom. The van der Waals surface area contributed by atoms with Crippen molar-refractivity contribution in [3.05, 3.63) is 34.2 Å². The van der Waals surface area contributed by atoms with E-state index in [0.717, 1.165) is 5.69 Å². The predicted molar refractivity (Wildman–Crippen MR) is 47.8 cm³/mol. The molecule has 0 fully saturated rings. The number of pyridine rings is 1. The van der Waals surface area contributed by atoms with Crippen LogP contribution >= 0.6 is 25.3 Å². The highest BCUT2D eigenvalue weighted by Crippen LogP contribution is 2.19. The molecule has 2 nitrogen and oxygen atoms in total. The van der Waals surface area contributed by atoms with Crippen LogP contribution in [0.15, 0.2) is 23.0 Å². The fourth-order valence-electron chi connectivity index (χ4n) is 0.615. The Morgan fingerprint density at radius 3 is 2.50 bits per heavy atom. The summed E-state index contributed by atoms with van der Waals surface area (Å²) in [5.74, 6) is 0. The first-order valence-electron chi connectivity index (χ1n) is 2.75. The van der Waals surface area contributed by atoms with Crippen LogP contribution in [0.1, 0.15) is 10.3 Å². The summed E-state index contributed by atoms with van der Waals surface area (Å²) in [7, 11) is 0. The van der Waals surface area contributed by atoms with E-state index in [1.54, 1.807) is 12.1 Å². The van der Waals surface area contributed by atoms with E-state index in [4.69, 9.17) is 0 Å². The maximum atomic E-state index is 10.7. The number of H-pyrrole nitrogens is 1. The maximum absolute atomic E-state index is 10.7. The summed E-state index contributed by atoms with van der Waals surface area (Å²) in [6, 6.07) is 4.90. The summed E-state index contributed by atoms with van der Waals surface area (Å²) in [5, 5.41) is 0. The van der Waals surface area contributed by atoms with Crippen molar-refractivity contribution in [3.8, 4) is 0 Å². The molecule has 0 aromatic carbocycles. The quantitative estimate of drug-likeness (QED) is 0.433. The number of aromatic amines is 1. The first kappa shape index (κ1) is 7.75. The Hall–Kier alpha value is -0.350. The van der Waals surface area contributed by atoms with Crippen LogP contribution in [0.25, 0.3) is 0 Å². The van der Waals surface area contributed by atoms with Crippen molar-refractivity contribution in [2.45, 2.75) is 4.58 Å². The number of rotatable bonds is 1. The molecule has 0 bridgehead atoms. The zero-order chi connectivity index (χ0) is 7.56. The van der Waals surface area contributed by atoms with Crippen LogP contribution in [0.2, 0.25) is 0 Å². The second kappa shape index (κ2) is 3.16. The Bertz CT molecular complexity index is 268. The van der Waals surface area contributed by atoms with Crippen LogP contribution in [0.3, 0.4) is 0 Å². The van der Waals surface area contributed by atoms with Gasteiger partial charge in [0.05, 0.1) is 4.58 Å². The minimum Gasteiger partial charge on any atom is -0.324 e. The van der Waals surface area contributed by atoms with Gasteiger partial charge in [0.25, 0.3) is 0 Å². The molecule has 1 aromatic rings. The van der Waals surface area contributed by atoms with Gasteiger partial charge in [-0.15, -0.1) is 0 Å². The number of hydrogen-bond donors (Lipinski definition) is 3. The summed E-state index contributed by atoms with van der Waals surface area (Å²) in [4.78, 5) is 13.3. The molecule has 0 aliphatic rings. The number of aromatic nitrogens is 1. The molecular weight excluding hydrogens is 166 g/mol. The Morgan fingerprint density at radius 1 is 1.40 bits per heavy atom. The summed E-state index contributed by atoms with van der Waals surface area (Å²) in [6.45, 7) is 0. The van der Waals surface area contributed by atoms with E-state index in [-0.39, 0.29) is 10.1 Å². The van der Waals surface area contributed by atoms with Gasteiger partial charge in [-0.1, -0.05) is 6.07 Å². The van der Waals surface area contributed by atoms with Gasteiger partial charge in [0.15, 0.2) is 0 Å². The van der Waals surface area contributed by atoms with Crippen molar-refractivity contribution >= 4 is 25.3 Å². The molecule has 0 saturated heterocycles. The average molecular weight is 173 g/mol. The molecule has 0 aliphatic heterocycles. The van der Waals surface area contributed by atoms with Crippen molar-refractivity contribution in [2.24, 2.45) is 0 Å². The number of hydrogen-bond acceptors (Lipinski definition) is 3. The molecule has 1 N–H and O–H groups in total. The summed E-state index contributed by atoms with van der Waals surface area (Å²) < 4.78 is -0.214. The Kier molecular flexibility index (Phi) is 2.45. The van der Waals surface area contributed by atoms with Crippen LogP contribution in [0.5, 0.6) is 0 Å². The monoisotopic (exact) mass is 173 g/mol. The lowest BCUT2D eigenvalue weighted by atomic mass is 10.4. The molecule has 0 aliphatic carbocycles. The van der Waals surface area contributed by atoms with Crippen LogP contribution in [0, 0.1) is 0 Å². The van der Waals surface area contributed by atoms with E-state index in [1.165, 1.54) is 6.07 Å². The van der Waals surface area contributed by atoms with Crippen LogP contribution in [0.4, 0.5) is 0 Å². The predicted octanol–water partition coefficient (Wildman–Crippen LogP) is 1.23. The van der Waals surface area contributed by atoms with Gasteiger partial charge in [-0.2, -0.15) is 25.3 Å².